The Bertz CT molecular complexity index is 498. The monoisotopic (exact) mass is 328 g/mol. The molecule has 0 heterocycles. The van der Waals surface area contributed by atoms with Crippen LogP contribution in [-0.2, 0) is 13.9 Å². The van der Waals surface area contributed by atoms with Crippen molar-refractivity contribution < 1.29 is 23.3 Å². The van der Waals surface area contributed by atoms with E-state index in [0.717, 1.165) is 24.8 Å². The van der Waals surface area contributed by atoms with Crippen LogP contribution in [0.15, 0.2) is 24.3 Å². The van der Waals surface area contributed by atoms with Gasteiger partial charge in [0.15, 0.2) is 0 Å². The first-order valence-electron chi connectivity index (χ1n) is 7.74. The van der Waals surface area contributed by atoms with Crippen LogP contribution in [0.4, 0.5) is 0 Å². The Balaban J connectivity index is 2.29. The Hall–Kier alpha value is -1.32. The summed E-state index contributed by atoms with van der Waals surface area (Å²) >= 11 is 0. The SMILES string of the molecule is CCCCCCCCC(=O)OP(=O)(O)Oc1ccc(C)cc1. The molecule has 0 aliphatic heterocycles. The summed E-state index contributed by atoms with van der Waals surface area (Å²) in [6.07, 6.45) is 6.30. The fourth-order valence-electron chi connectivity index (χ4n) is 1.97. The zero-order valence-electron chi connectivity index (χ0n) is 13.3. The molecule has 1 aromatic carbocycles. The quantitative estimate of drug-likeness (QED) is 0.495. The number of phosphoric ester groups is 1. The third-order valence-corrected chi connectivity index (χ3v) is 4.07. The second kappa shape index (κ2) is 9.65. The van der Waals surface area contributed by atoms with Gasteiger partial charge in [0.25, 0.3) is 0 Å². The number of carbonyl (C=O) groups is 1. The molecule has 0 saturated carbocycles. The van der Waals surface area contributed by atoms with Crippen LogP contribution in [0.1, 0.15) is 57.4 Å². The minimum Gasteiger partial charge on any atom is -0.395 e. The van der Waals surface area contributed by atoms with Gasteiger partial charge >= 0.3 is 13.8 Å². The van der Waals surface area contributed by atoms with Gasteiger partial charge in [0.2, 0.25) is 0 Å². The van der Waals surface area contributed by atoms with Gasteiger partial charge in [0.05, 0.1) is 0 Å². The summed E-state index contributed by atoms with van der Waals surface area (Å²) in [7, 11) is -4.40. The highest BCUT2D eigenvalue weighted by molar-refractivity contribution is 7.48. The third-order valence-electron chi connectivity index (χ3n) is 3.19. The molecule has 0 aliphatic rings. The Labute approximate surface area is 132 Å². The first kappa shape index (κ1) is 18.7. The number of rotatable bonds is 10. The molecule has 1 unspecified atom stereocenters. The van der Waals surface area contributed by atoms with Crippen LogP contribution in [0.2, 0.25) is 0 Å². The number of unbranched alkanes of at least 4 members (excludes halogenated alkanes) is 5. The van der Waals surface area contributed by atoms with E-state index in [1.54, 1.807) is 24.3 Å². The number of aryl methyl sites for hydroxylation is 1. The largest absolute Gasteiger partial charge is 0.587 e. The van der Waals surface area contributed by atoms with Crippen LogP contribution >= 0.6 is 7.82 Å². The Morgan fingerprint density at radius 1 is 1.09 bits per heavy atom. The maximum atomic E-state index is 11.7. The molecule has 124 valence electrons. The molecule has 22 heavy (non-hydrogen) atoms. The Kier molecular flexibility index (Phi) is 8.21. The highest BCUT2D eigenvalue weighted by Gasteiger charge is 2.27. The summed E-state index contributed by atoms with van der Waals surface area (Å²) < 4.78 is 21.1. The number of hydrogen-bond donors (Lipinski definition) is 1. The summed E-state index contributed by atoms with van der Waals surface area (Å²) in [5.74, 6) is -0.503. The van der Waals surface area contributed by atoms with Gasteiger partial charge in [-0.1, -0.05) is 56.7 Å². The lowest BCUT2D eigenvalue weighted by Gasteiger charge is -2.12. The molecule has 1 aromatic rings. The summed E-state index contributed by atoms with van der Waals surface area (Å²) in [4.78, 5) is 21.1. The zero-order valence-corrected chi connectivity index (χ0v) is 14.2. The first-order chi connectivity index (χ1) is 10.4. The van der Waals surface area contributed by atoms with Crippen molar-refractivity contribution in [2.45, 2.75) is 58.8 Å². The topological polar surface area (TPSA) is 72.8 Å². The van der Waals surface area contributed by atoms with E-state index < -0.39 is 13.8 Å². The standard InChI is InChI=1S/C16H25O5P/c1-3-4-5-6-7-8-9-16(17)21-22(18,19)20-15-12-10-14(2)11-13-15/h10-13H,3-9H2,1-2H3,(H,18,19). The number of benzene rings is 1. The maximum Gasteiger partial charge on any atom is 0.587 e. The van der Waals surface area contributed by atoms with Crippen molar-refractivity contribution in [2.75, 3.05) is 0 Å². The van der Waals surface area contributed by atoms with Crippen LogP contribution in [0, 0.1) is 6.92 Å². The van der Waals surface area contributed by atoms with Crippen LogP contribution in [-0.4, -0.2) is 10.9 Å². The smallest absolute Gasteiger partial charge is 0.395 e. The summed E-state index contributed by atoms with van der Waals surface area (Å²) in [5.41, 5.74) is 1.00. The van der Waals surface area contributed by atoms with Gasteiger partial charge in [-0.3, -0.25) is 9.69 Å². The first-order valence-corrected chi connectivity index (χ1v) is 9.24. The predicted octanol–water partition coefficient (Wildman–Crippen LogP) is 4.77. The summed E-state index contributed by atoms with van der Waals surface area (Å²) in [6.45, 7) is 4.03. The van der Waals surface area contributed by atoms with Crippen LogP contribution in [0.3, 0.4) is 0 Å². The van der Waals surface area contributed by atoms with E-state index in [9.17, 15) is 14.3 Å². The summed E-state index contributed by atoms with van der Waals surface area (Å²) in [6, 6.07) is 6.60. The maximum absolute atomic E-state index is 11.7. The molecular weight excluding hydrogens is 303 g/mol. The van der Waals surface area contributed by atoms with Gasteiger partial charge in [-0.2, -0.15) is 0 Å². The Morgan fingerprint density at radius 2 is 1.68 bits per heavy atom. The highest BCUT2D eigenvalue weighted by Crippen LogP contribution is 2.44. The number of phosphoric acid groups is 1. The minimum atomic E-state index is -4.40. The van der Waals surface area contributed by atoms with Crippen molar-refractivity contribution in [3.8, 4) is 5.75 Å². The van der Waals surface area contributed by atoms with E-state index >= 15 is 0 Å². The molecular formula is C16H25O5P. The molecule has 0 fully saturated rings. The van der Waals surface area contributed by atoms with Gasteiger partial charge in [0, 0.05) is 6.42 Å². The van der Waals surface area contributed by atoms with Crippen molar-refractivity contribution in [3.63, 3.8) is 0 Å². The van der Waals surface area contributed by atoms with Crippen LogP contribution in [0.5, 0.6) is 5.75 Å². The van der Waals surface area contributed by atoms with Gasteiger partial charge in [-0.25, -0.2) is 4.57 Å². The molecule has 1 rings (SSSR count). The van der Waals surface area contributed by atoms with Crippen molar-refractivity contribution in [2.24, 2.45) is 0 Å². The van der Waals surface area contributed by atoms with E-state index in [0.29, 0.717) is 6.42 Å². The Morgan fingerprint density at radius 3 is 2.32 bits per heavy atom. The van der Waals surface area contributed by atoms with Gasteiger partial charge in [-0.15, -0.1) is 0 Å². The van der Waals surface area contributed by atoms with Crippen LogP contribution in [0.25, 0.3) is 0 Å². The van der Waals surface area contributed by atoms with Crippen molar-refractivity contribution >= 4 is 13.8 Å². The molecule has 6 heteroatoms. The predicted molar refractivity (Wildman–Crippen MR) is 85.7 cm³/mol. The van der Waals surface area contributed by atoms with Crippen molar-refractivity contribution in [1.29, 1.82) is 0 Å². The number of hydrogen-bond acceptors (Lipinski definition) is 4. The highest BCUT2D eigenvalue weighted by atomic mass is 31.2. The molecule has 1 atom stereocenters. The van der Waals surface area contributed by atoms with E-state index in [4.69, 9.17) is 4.52 Å². The molecule has 0 spiro atoms. The fourth-order valence-corrected chi connectivity index (χ4v) is 2.75. The van der Waals surface area contributed by atoms with Gasteiger partial charge in [-0.05, 0) is 25.5 Å². The van der Waals surface area contributed by atoms with Crippen molar-refractivity contribution in [3.05, 3.63) is 29.8 Å². The second-order valence-corrected chi connectivity index (χ2v) is 6.66. The molecule has 0 bridgehead atoms. The average molecular weight is 328 g/mol. The minimum absolute atomic E-state index is 0.133. The lowest BCUT2D eigenvalue weighted by Crippen LogP contribution is -2.06. The summed E-state index contributed by atoms with van der Waals surface area (Å²) in [5, 5.41) is 0. The molecule has 1 N–H and O–H groups in total. The van der Waals surface area contributed by atoms with E-state index in [-0.39, 0.29) is 12.2 Å². The number of carbonyl (C=O) groups excluding carboxylic acids is 1. The van der Waals surface area contributed by atoms with E-state index in [2.05, 4.69) is 11.4 Å². The molecule has 0 aromatic heterocycles. The third kappa shape index (κ3) is 8.20. The normalized spacial score (nSPS) is 13.4. The lowest BCUT2D eigenvalue weighted by atomic mass is 10.1. The second-order valence-electron chi connectivity index (χ2n) is 5.35. The molecule has 0 aliphatic carbocycles. The molecule has 0 radical (unpaired) electrons. The fraction of sp³-hybridized carbons (Fsp3) is 0.562. The van der Waals surface area contributed by atoms with Crippen LogP contribution < -0.4 is 4.52 Å². The molecule has 0 amide bonds. The average Bonchev–Trinajstić information content (AvgIpc) is 2.44. The molecule has 0 saturated heterocycles. The van der Waals surface area contributed by atoms with Crippen molar-refractivity contribution in [1.82, 2.24) is 0 Å². The zero-order chi connectivity index (χ0) is 16.4. The van der Waals surface area contributed by atoms with Gasteiger partial charge < -0.3 is 9.05 Å². The van der Waals surface area contributed by atoms with E-state index in [1.807, 2.05) is 6.92 Å². The van der Waals surface area contributed by atoms with E-state index in [1.165, 1.54) is 12.8 Å². The lowest BCUT2D eigenvalue weighted by molar-refractivity contribution is -0.135. The molecule has 5 nitrogen and oxygen atoms in total. The van der Waals surface area contributed by atoms with Gasteiger partial charge in [0.1, 0.15) is 5.75 Å².